The Morgan fingerprint density at radius 3 is 2.40 bits per heavy atom. The van der Waals surface area contributed by atoms with Crippen molar-refractivity contribution in [3.63, 3.8) is 0 Å². The summed E-state index contributed by atoms with van der Waals surface area (Å²) in [5.74, 6) is 0. The van der Waals surface area contributed by atoms with Crippen molar-refractivity contribution < 1.29 is 14.3 Å². The summed E-state index contributed by atoms with van der Waals surface area (Å²) in [6.45, 7) is 3.70. The van der Waals surface area contributed by atoms with Crippen molar-refractivity contribution in [3.8, 4) is 0 Å². The Balaban J connectivity index is 3.48. The van der Waals surface area contributed by atoms with Crippen LogP contribution in [0.15, 0.2) is 0 Å². The molecular formula is C11H21NO3. The van der Waals surface area contributed by atoms with Crippen molar-refractivity contribution >= 4 is 12.4 Å². The number of rotatable bonds is 8. The lowest BCUT2D eigenvalue weighted by Crippen LogP contribution is -2.30. The van der Waals surface area contributed by atoms with Gasteiger partial charge in [-0.1, -0.05) is 12.8 Å². The molecule has 0 aliphatic heterocycles. The number of carbonyl (C=O) groups excluding carboxylic acids is 2. The molecule has 0 bridgehead atoms. The standard InChI is InChI=1S/C11H21NO3/c1-11(2,15-10(12)14)8-6-4-3-5-7-9-13/h9H,3-8H2,1-2H3,(H2,12,14). The Bertz CT molecular complexity index is 202. The molecule has 0 aromatic carbocycles. The number of primary amides is 1. The van der Waals surface area contributed by atoms with E-state index in [1.54, 1.807) is 0 Å². The molecular weight excluding hydrogens is 194 g/mol. The van der Waals surface area contributed by atoms with Gasteiger partial charge in [-0.15, -0.1) is 0 Å². The topological polar surface area (TPSA) is 69.4 Å². The van der Waals surface area contributed by atoms with Gasteiger partial charge < -0.3 is 15.3 Å². The van der Waals surface area contributed by atoms with Crippen LogP contribution < -0.4 is 5.73 Å². The molecule has 0 aliphatic carbocycles. The minimum Gasteiger partial charge on any atom is -0.444 e. The Kier molecular flexibility index (Phi) is 6.75. The van der Waals surface area contributed by atoms with E-state index in [-0.39, 0.29) is 0 Å². The summed E-state index contributed by atoms with van der Waals surface area (Å²) in [4.78, 5) is 20.6. The normalized spacial score (nSPS) is 11.1. The molecule has 0 atom stereocenters. The van der Waals surface area contributed by atoms with Crippen molar-refractivity contribution in [2.24, 2.45) is 5.73 Å². The Hall–Kier alpha value is -1.06. The van der Waals surface area contributed by atoms with Gasteiger partial charge in [-0.3, -0.25) is 0 Å². The first-order chi connectivity index (χ1) is 6.98. The van der Waals surface area contributed by atoms with Gasteiger partial charge in [-0.25, -0.2) is 4.79 Å². The number of nitrogens with two attached hydrogens (primary N) is 1. The molecule has 0 radical (unpaired) electrons. The van der Waals surface area contributed by atoms with Gasteiger partial charge in [0.1, 0.15) is 11.9 Å². The number of hydrogen-bond donors (Lipinski definition) is 1. The first-order valence-corrected chi connectivity index (χ1v) is 5.40. The van der Waals surface area contributed by atoms with Gasteiger partial charge in [0.25, 0.3) is 0 Å². The minimum absolute atomic E-state index is 0.476. The van der Waals surface area contributed by atoms with Gasteiger partial charge in [-0.2, -0.15) is 0 Å². The van der Waals surface area contributed by atoms with Crippen LogP contribution in [0.1, 0.15) is 52.4 Å². The number of carbonyl (C=O) groups is 2. The third-order valence-corrected chi connectivity index (χ3v) is 2.23. The Morgan fingerprint density at radius 2 is 1.87 bits per heavy atom. The Labute approximate surface area is 91.2 Å². The number of hydrogen-bond acceptors (Lipinski definition) is 3. The summed E-state index contributed by atoms with van der Waals surface area (Å²) in [5.41, 5.74) is 4.47. The second-order valence-electron chi connectivity index (χ2n) is 4.30. The molecule has 0 unspecified atom stereocenters. The quantitative estimate of drug-likeness (QED) is 0.499. The summed E-state index contributed by atoms with van der Waals surface area (Å²) in [5, 5.41) is 0. The largest absolute Gasteiger partial charge is 0.444 e. The molecule has 0 aliphatic rings. The van der Waals surface area contributed by atoms with E-state index in [2.05, 4.69) is 0 Å². The molecule has 88 valence electrons. The second-order valence-corrected chi connectivity index (χ2v) is 4.30. The van der Waals surface area contributed by atoms with Gasteiger partial charge in [-0.05, 0) is 33.1 Å². The molecule has 1 amide bonds. The smallest absolute Gasteiger partial charge is 0.405 e. The highest BCUT2D eigenvalue weighted by Crippen LogP contribution is 2.18. The summed E-state index contributed by atoms with van der Waals surface area (Å²) >= 11 is 0. The van der Waals surface area contributed by atoms with Crippen LogP contribution in [0.4, 0.5) is 4.79 Å². The van der Waals surface area contributed by atoms with Crippen LogP contribution in [-0.2, 0) is 9.53 Å². The average Bonchev–Trinajstić information content (AvgIpc) is 2.08. The highest BCUT2D eigenvalue weighted by atomic mass is 16.6. The average molecular weight is 215 g/mol. The molecule has 2 N–H and O–H groups in total. The van der Waals surface area contributed by atoms with Crippen LogP contribution in [0.2, 0.25) is 0 Å². The van der Waals surface area contributed by atoms with Crippen LogP contribution >= 0.6 is 0 Å². The molecule has 0 fully saturated rings. The van der Waals surface area contributed by atoms with Crippen LogP contribution in [-0.4, -0.2) is 18.0 Å². The minimum atomic E-state index is -0.721. The highest BCUT2D eigenvalue weighted by molar-refractivity contribution is 5.65. The van der Waals surface area contributed by atoms with E-state index in [0.29, 0.717) is 6.42 Å². The van der Waals surface area contributed by atoms with Gasteiger partial charge >= 0.3 is 6.09 Å². The fraction of sp³-hybridized carbons (Fsp3) is 0.818. The molecule has 0 heterocycles. The van der Waals surface area contributed by atoms with Crippen LogP contribution in [0.3, 0.4) is 0 Å². The maximum absolute atomic E-state index is 10.6. The number of amides is 1. The van der Waals surface area contributed by atoms with Crippen molar-refractivity contribution in [2.75, 3.05) is 0 Å². The van der Waals surface area contributed by atoms with E-state index >= 15 is 0 Å². The lowest BCUT2D eigenvalue weighted by Gasteiger charge is -2.23. The zero-order valence-electron chi connectivity index (χ0n) is 9.62. The van der Waals surface area contributed by atoms with E-state index in [1.807, 2.05) is 13.8 Å². The summed E-state index contributed by atoms with van der Waals surface area (Å²) in [6, 6.07) is 0. The number of unbranched alkanes of at least 4 members (excludes halogenated alkanes) is 4. The van der Waals surface area contributed by atoms with Crippen molar-refractivity contribution in [3.05, 3.63) is 0 Å². The zero-order chi connectivity index (χ0) is 11.7. The van der Waals surface area contributed by atoms with E-state index < -0.39 is 11.7 Å². The van der Waals surface area contributed by atoms with Crippen molar-refractivity contribution in [1.29, 1.82) is 0 Å². The van der Waals surface area contributed by atoms with E-state index in [0.717, 1.165) is 38.4 Å². The van der Waals surface area contributed by atoms with Crippen LogP contribution in [0, 0.1) is 0 Å². The molecule has 0 saturated heterocycles. The third-order valence-electron chi connectivity index (χ3n) is 2.23. The first kappa shape index (κ1) is 13.9. The highest BCUT2D eigenvalue weighted by Gasteiger charge is 2.20. The lowest BCUT2D eigenvalue weighted by atomic mass is 9.99. The van der Waals surface area contributed by atoms with Gasteiger partial charge in [0.05, 0.1) is 0 Å². The molecule has 0 aromatic heterocycles. The summed E-state index contributed by atoms with van der Waals surface area (Å²) in [6.07, 6.45) is 5.70. The monoisotopic (exact) mass is 215 g/mol. The molecule has 0 rings (SSSR count). The molecule has 15 heavy (non-hydrogen) atoms. The second kappa shape index (κ2) is 7.26. The zero-order valence-corrected chi connectivity index (χ0v) is 9.62. The maximum Gasteiger partial charge on any atom is 0.405 e. The molecule has 4 nitrogen and oxygen atoms in total. The van der Waals surface area contributed by atoms with Gasteiger partial charge in [0.2, 0.25) is 0 Å². The number of ether oxygens (including phenoxy) is 1. The first-order valence-electron chi connectivity index (χ1n) is 5.40. The number of aldehydes is 1. The molecule has 0 saturated carbocycles. The fourth-order valence-corrected chi connectivity index (χ4v) is 1.46. The third kappa shape index (κ3) is 9.25. The lowest BCUT2D eigenvalue weighted by molar-refractivity contribution is -0.107. The maximum atomic E-state index is 10.6. The SMILES string of the molecule is CC(C)(CCCCCCC=O)OC(N)=O. The van der Waals surface area contributed by atoms with Gasteiger partial charge in [0.15, 0.2) is 0 Å². The van der Waals surface area contributed by atoms with Gasteiger partial charge in [0, 0.05) is 6.42 Å². The predicted octanol–water partition coefficient (Wildman–Crippen LogP) is 2.40. The van der Waals surface area contributed by atoms with Crippen LogP contribution in [0.5, 0.6) is 0 Å². The summed E-state index contributed by atoms with van der Waals surface area (Å²) < 4.78 is 4.95. The molecule has 0 aromatic rings. The molecule has 4 heteroatoms. The summed E-state index contributed by atoms with van der Waals surface area (Å²) in [7, 11) is 0. The Morgan fingerprint density at radius 1 is 1.27 bits per heavy atom. The van der Waals surface area contributed by atoms with Crippen molar-refractivity contribution in [1.82, 2.24) is 0 Å². The predicted molar refractivity (Wildman–Crippen MR) is 58.5 cm³/mol. The van der Waals surface area contributed by atoms with E-state index in [1.165, 1.54) is 0 Å². The van der Waals surface area contributed by atoms with E-state index in [4.69, 9.17) is 10.5 Å². The van der Waals surface area contributed by atoms with Crippen LogP contribution in [0.25, 0.3) is 0 Å². The van der Waals surface area contributed by atoms with E-state index in [9.17, 15) is 9.59 Å². The fourth-order valence-electron chi connectivity index (χ4n) is 1.46. The van der Waals surface area contributed by atoms with Crippen molar-refractivity contribution in [2.45, 2.75) is 58.0 Å². The molecule has 0 spiro atoms.